The molecule has 2 nitrogen and oxygen atoms in total. The monoisotopic (exact) mass is 318 g/mol. The van der Waals surface area contributed by atoms with Crippen LogP contribution in [0.4, 0.5) is 0 Å². The second kappa shape index (κ2) is 6.93. The molecular formula is C17H22N2S2. The van der Waals surface area contributed by atoms with E-state index in [4.69, 9.17) is 0 Å². The molecule has 4 heteroatoms. The molecule has 2 atom stereocenters. The highest BCUT2D eigenvalue weighted by Gasteiger charge is 2.38. The van der Waals surface area contributed by atoms with Crippen LogP contribution in [0.15, 0.2) is 49.1 Å². The second-order valence-electron chi connectivity index (χ2n) is 5.69. The predicted octanol–water partition coefficient (Wildman–Crippen LogP) is 4.47. The van der Waals surface area contributed by atoms with Crippen molar-refractivity contribution in [1.29, 1.82) is 0 Å². The van der Waals surface area contributed by atoms with Crippen molar-refractivity contribution in [2.75, 3.05) is 5.75 Å². The molecule has 0 N–H and O–H groups in total. The lowest BCUT2D eigenvalue weighted by Gasteiger charge is -2.28. The zero-order valence-electron chi connectivity index (χ0n) is 12.4. The number of hydrogen-bond donors (Lipinski definition) is 0. The van der Waals surface area contributed by atoms with E-state index in [0.29, 0.717) is 4.08 Å². The second-order valence-corrected chi connectivity index (χ2v) is 9.17. The van der Waals surface area contributed by atoms with E-state index in [1.165, 1.54) is 30.6 Å². The Hall–Kier alpha value is -0.870. The smallest absolute Gasteiger partial charge is 0.0945 e. The average molecular weight is 319 g/mol. The van der Waals surface area contributed by atoms with E-state index in [1.807, 2.05) is 12.5 Å². The Morgan fingerprint density at radius 2 is 2.14 bits per heavy atom. The highest BCUT2D eigenvalue weighted by Crippen LogP contribution is 2.53. The lowest BCUT2D eigenvalue weighted by molar-refractivity contribution is 0.574. The zero-order valence-corrected chi connectivity index (χ0v) is 14.1. The minimum absolute atomic E-state index is 0.375. The van der Waals surface area contributed by atoms with Crippen molar-refractivity contribution in [2.45, 2.75) is 42.1 Å². The highest BCUT2D eigenvalue weighted by atomic mass is 32.2. The van der Waals surface area contributed by atoms with Crippen molar-refractivity contribution in [3.8, 4) is 0 Å². The molecule has 1 aliphatic rings. The SMILES string of the molecule is CC1CSC(CCc2ccccc2)(CCn2ccnc2)S1. The Labute approximate surface area is 135 Å². The highest BCUT2D eigenvalue weighted by molar-refractivity contribution is 8.21. The maximum absolute atomic E-state index is 4.15. The van der Waals surface area contributed by atoms with Gasteiger partial charge in [-0.1, -0.05) is 37.3 Å². The van der Waals surface area contributed by atoms with Crippen LogP contribution in [0.3, 0.4) is 0 Å². The first-order valence-electron chi connectivity index (χ1n) is 7.57. The quantitative estimate of drug-likeness (QED) is 0.782. The van der Waals surface area contributed by atoms with Crippen LogP contribution in [0.1, 0.15) is 25.3 Å². The topological polar surface area (TPSA) is 17.8 Å². The first-order chi connectivity index (χ1) is 10.3. The molecule has 3 rings (SSSR count). The summed E-state index contributed by atoms with van der Waals surface area (Å²) in [5.41, 5.74) is 1.46. The molecule has 0 aliphatic carbocycles. The van der Waals surface area contributed by atoms with Crippen molar-refractivity contribution in [3.63, 3.8) is 0 Å². The van der Waals surface area contributed by atoms with Gasteiger partial charge in [0.2, 0.25) is 0 Å². The fraction of sp³-hybridized carbons (Fsp3) is 0.471. The zero-order chi connectivity index (χ0) is 14.5. The fourth-order valence-electron chi connectivity index (χ4n) is 2.79. The van der Waals surface area contributed by atoms with Crippen LogP contribution in [-0.2, 0) is 13.0 Å². The van der Waals surface area contributed by atoms with Gasteiger partial charge in [-0.2, -0.15) is 0 Å². The normalized spacial score (nSPS) is 25.3. The summed E-state index contributed by atoms with van der Waals surface area (Å²) in [6.45, 7) is 3.43. The summed E-state index contributed by atoms with van der Waals surface area (Å²) in [5, 5.41) is 0.772. The van der Waals surface area contributed by atoms with Gasteiger partial charge >= 0.3 is 0 Å². The van der Waals surface area contributed by atoms with Gasteiger partial charge < -0.3 is 4.57 Å². The van der Waals surface area contributed by atoms with Crippen LogP contribution in [0.2, 0.25) is 0 Å². The van der Waals surface area contributed by atoms with Gasteiger partial charge in [-0.05, 0) is 24.8 Å². The minimum Gasteiger partial charge on any atom is -0.337 e. The van der Waals surface area contributed by atoms with Gasteiger partial charge in [-0.3, -0.25) is 0 Å². The van der Waals surface area contributed by atoms with E-state index >= 15 is 0 Å². The molecule has 2 aromatic rings. The number of rotatable bonds is 6. The summed E-state index contributed by atoms with van der Waals surface area (Å²) in [4.78, 5) is 4.15. The molecule has 2 unspecified atom stereocenters. The van der Waals surface area contributed by atoms with Crippen LogP contribution in [0.25, 0.3) is 0 Å². The van der Waals surface area contributed by atoms with Crippen molar-refractivity contribution < 1.29 is 0 Å². The van der Waals surface area contributed by atoms with E-state index in [9.17, 15) is 0 Å². The van der Waals surface area contributed by atoms with Gasteiger partial charge in [0.25, 0.3) is 0 Å². The van der Waals surface area contributed by atoms with Crippen molar-refractivity contribution >= 4 is 23.5 Å². The molecule has 0 spiro atoms. The number of hydrogen-bond acceptors (Lipinski definition) is 3. The van der Waals surface area contributed by atoms with Gasteiger partial charge in [-0.25, -0.2) is 4.98 Å². The molecule has 0 amide bonds. The van der Waals surface area contributed by atoms with E-state index in [-0.39, 0.29) is 0 Å². The van der Waals surface area contributed by atoms with Gasteiger partial charge in [0.05, 0.1) is 10.4 Å². The molecule has 1 fully saturated rings. The number of imidazole rings is 1. The first-order valence-corrected chi connectivity index (χ1v) is 9.44. The molecule has 112 valence electrons. The van der Waals surface area contributed by atoms with Crippen LogP contribution >= 0.6 is 23.5 Å². The summed E-state index contributed by atoms with van der Waals surface area (Å²) in [6, 6.07) is 10.9. The van der Waals surface area contributed by atoms with Gasteiger partial charge in [0.1, 0.15) is 0 Å². The van der Waals surface area contributed by atoms with E-state index in [2.05, 4.69) is 76.5 Å². The summed E-state index contributed by atoms with van der Waals surface area (Å²) in [6.07, 6.45) is 9.52. The van der Waals surface area contributed by atoms with Gasteiger partial charge in [0, 0.05) is 29.9 Å². The summed E-state index contributed by atoms with van der Waals surface area (Å²) >= 11 is 4.35. The number of nitrogens with zero attached hydrogens (tertiary/aromatic N) is 2. The van der Waals surface area contributed by atoms with Crippen LogP contribution in [-0.4, -0.2) is 24.6 Å². The molecule has 21 heavy (non-hydrogen) atoms. The largest absolute Gasteiger partial charge is 0.337 e. The van der Waals surface area contributed by atoms with E-state index < -0.39 is 0 Å². The Bertz CT molecular complexity index is 541. The number of aromatic nitrogens is 2. The molecular weight excluding hydrogens is 296 g/mol. The Morgan fingerprint density at radius 3 is 2.81 bits per heavy atom. The third kappa shape index (κ3) is 4.07. The van der Waals surface area contributed by atoms with Crippen molar-refractivity contribution in [2.24, 2.45) is 0 Å². The lowest BCUT2D eigenvalue weighted by Crippen LogP contribution is -2.21. The van der Waals surface area contributed by atoms with Gasteiger partial charge in [-0.15, -0.1) is 23.5 Å². The van der Waals surface area contributed by atoms with Crippen molar-refractivity contribution in [3.05, 3.63) is 54.6 Å². The van der Waals surface area contributed by atoms with E-state index in [0.717, 1.165) is 11.8 Å². The molecule has 1 saturated heterocycles. The van der Waals surface area contributed by atoms with Crippen LogP contribution in [0.5, 0.6) is 0 Å². The minimum atomic E-state index is 0.375. The summed E-state index contributed by atoms with van der Waals surface area (Å²) in [7, 11) is 0. The van der Waals surface area contributed by atoms with E-state index in [1.54, 1.807) is 0 Å². The predicted molar refractivity (Wildman–Crippen MR) is 93.8 cm³/mol. The third-order valence-corrected chi connectivity index (χ3v) is 7.81. The standard InChI is InChI=1S/C17H22N2S2/c1-15-13-20-17(21-15,9-11-19-12-10-18-14-19)8-7-16-5-3-2-4-6-16/h2-6,10,12,14-15H,7-9,11,13H2,1H3. The Balaban J connectivity index is 1.62. The molecule has 0 radical (unpaired) electrons. The van der Waals surface area contributed by atoms with Crippen LogP contribution < -0.4 is 0 Å². The number of thioether (sulfide) groups is 2. The van der Waals surface area contributed by atoms with Crippen molar-refractivity contribution in [1.82, 2.24) is 9.55 Å². The molecule has 0 bridgehead atoms. The number of aryl methyl sites for hydroxylation is 2. The molecule has 1 aliphatic heterocycles. The summed E-state index contributed by atoms with van der Waals surface area (Å²) in [5.74, 6) is 1.28. The van der Waals surface area contributed by atoms with Gasteiger partial charge in [0.15, 0.2) is 0 Å². The average Bonchev–Trinajstić information content (AvgIpc) is 3.15. The third-order valence-electron chi connectivity index (χ3n) is 3.94. The Kier molecular flexibility index (Phi) is 4.96. The maximum atomic E-state index is 4.15. The molecule has 1 aromatic heterocycles. The maximum Gasteiger partial charge on any atom is 0.0945 e. The number of benzene rings is 1. The lowest BCUT2D eigenvalue weighted by atomic mass is 10.1. The summed E-state index contributed by atoms with van der Waals surface area (Å²) < 4.78 is 2.58. The fourth-order valence-corrected chi connectivity index (χ4v) is 6.42. The molecule has 0 saturated carbocycles. The Morgan fingerprint density at radius 1 is 1.29 bits per heavy atom. The molecule has 1 aromatic carbocycles. The van der Waals surface area contributed by atoms with Crippen LogP contribution in [0, 0.1) is 0 Å². The molecule has 2 heterocycles. The first kappa shape index (κ1) is 15.0.